The van der Waals surface area contributed by atoms with Crippen molar-refractivity contribution < 1.29 is 14.3 Å². The lowest BCUT2D eigenvalue weighted by atomic mass is 10.1. The second-order valence-electron chi connectivity index (χ2n) is 6.92. The number of hydrogen-bond donors (Lipinski definition) is 1. The first-order valence-corrected chi connectivity index (χ1v) is 10.3. The van der Waals surface area contributed by atoms with Gasteiger partial charge in [0.15, 0.2) is 22.8 Å². The summed E-state index contributed by atoms with van der Waals surface area (Å²) in [5, 5.41) is 6.09. The molecule has 0 aromatic heterocycles. The molecule has 0 aliphatic carbocycles. The highest BCUT2D eigenvalue weighted by molar-refractivity contribution is 8.16. The maximum Gasteiger partial charge on any atom is 0.265 e. The molecule has 150 valence electrons. The molecule has 1 unspecified atom stereocenters. The predicted molar refractivity (Wildman–Crippen MR) is 117 cm³/mol. The number of carbonyl (C=O) groups is 1. The van der Waals surface area contributed by atoms with Crippen molar-refractivity contribution in [3.8, 4) is 11.5 Å². The molecule has 1 atom stereocenters. The van der Waals surface area contributed by atoms with E-state index >= 15 is 0 Å². The standard InChI is InChI=1S/C22H23N3O3S/c1-14-4-9-19(20(12-14)27-3)28-15(2)21(26)24-17-7-5-16(6-8-17)18-13-29-22-23-10-11-25(18)22/h4-9,12-13,15H,10-11H2,1-3H3,(H,24,26). The number of nitrogens with zero attached hydrogens (tertiary/aromatic N) is 2. The first-order valence-electron chi connectivity index (χ1n) is 9.46. The number of carbonyl (C=O) groups excluding carboxylic acids is 1. The van der Waals surface area contributed by atoms with E-state index in [0.29, 0.717) is 11.5 Å². The van der Waals surface area contributed by atoms with Gasteiger partial charge in [0.05, 0.1) is 19.4 Å². The van der Waals surface area contributed by atoms with Crippen LogP contribution >= 0.6 is 11.8 Å². The molecule has 7 heteroatoms. The van der Waals surface area contributed by atoms with Gasteiger partial charge >= 0.3 is 0 Å². The highest BCUT2D eigenvalue weighted by Crippen LogP contribution is 2.35. The molecule has 4 rings (SSSR count). The van der Waals surface area contributed by atoms with E-state index in [1.807, 2.05) is 49.4 Å². The van der Waals surface area contributed by atoms with Crippen LogP contribution in [-0.2, 0) is 4.79 Å². The summed E-state index contributed by atoms with van der Waals surface area (Å²) in [5.41, 5.74) is 4.06. The molecular formula is C22H23N3O3S. The summed E-state index contributed by atoms with van der Waals surface area (Å²) in [6, 6.07) is 13.5. The minimum absolute atomic E-state index is 0.218. The van der Waals surface area contributed by atoms with Crippen LogP contribution in [0.25, 0.3) is 5.70 Å². The summed E-state index contributed by atoms with van der Waals surface area (Å²) in [4.78, 5) is 19.3. The van der Waals surface area contributed by atoms with E-state index in [1.54, 1.807) is 25.8 Å². The van der Waals surface area contributed by atoms with E-state index in [-0.39, 0.29) is 5.91 Å². The lowest BCUT2D eigenvalue weighted by Crippen LogP contribution is -2.30. The van der Waals surface area contributed by atoms with E-state index in [0.717, 1.165) is 40.8 Å². The number of anilines is 1. The van der Waals surface area contributed by atoms with Crippen LogP contribution in [0.5, 0.6) is 11.5 Å². The average molecular weight is 410 g/mol. The number of ether oxygens (including phenoxy) is 2. The maximum absolute atomic E-state index is 12.6. The summed E-state index contributed by atoms with van der Waals surface area (Å²) < 4.78 is 11.1. The predicted octanol–water partition coefficient (Wildman–Crippen LogP) is 4.13. The molecule has 0 bridgehead atoms. The van der Waals surface area contributed by atoms with E-state index in [2.05, 4.69) is 20.6 Å². The van der Waals surface area contributed by atoms with Gasteiger partial charge in [0, 0.05) is 17.6 Å². The van der Waals surface area contributed by atoms with Gasteiger partial charge in [-0.05, 0) is 49.2 Å². The normalized spacial score (nSPS) is 16.0. The zero-order valence-electron chi connectivity index (χ0n) is 16.6. The Kier molecular flexibility index (Phi) is 5.49. The van der Waals surface area contributed by atoms with Gasteiger partial charge in [0.1, 0.15) is 0 Å². The molecule has 0 radical (unpaired) electrons. The molecule has 1 N–H and O–H groups in total. The third kappa shape index (κ3) is 4.10. The Labute approximate surface area is 174 Å². The molecule has 2 heterocycles. The molecule has 0 saturated carbocycles. The zero-order valence-corrected chi connectivity index (χ0v) is 17.5. The Balaban J connectivity index is 1.39. The average Bonchev–Trinajstić information content (AvgIpc) is 3.34. The number of aliphatic imine (C=N–C) groups is 1. The summed E-state index contributed by atoms with van der Waals surface area (Å²) in [6.07, 6.45) is -0.663. The van der Waals surface area contributed by atoms with Crippen LogP contribution in [0.15, 0.2) is 52.9 Å². The second-order valence-corrected chi connectivity index (χ2v) is 7.75. The van der Waals surface area contributed by atoms with Crippen LogP contribution in [-0.4, -0.2) is 42.3 Å². The molecule has 2 aliphatic heterocycles. The first kappa shape index (κ1) is 19.4. The van der Waals surface area contributed by atoms with E-state index in [9.17, 15) is 4.79 Å². The molecule has 1 amide bonds. The van der Waals surface area contributed by atoms with E-state index in [1.165, 1.54) is 0 Å². The number of nitrogens with one attached hydrogen (secondary N) is 1. The minimum atomic E-state index is -0.663. The van der Waals surface area contributed by atoms with Gasteiger partial charge < -0.3 is 19.7 Å². The number of thioether (sulfide) groups is 1. The second kappa shape index (κ2) is 8.21. The van der Waals surface area contributed by atoms with Crippen LogP contribution in [0.4, 0.5) is 5.69 Å². The van der Waals surface area contributed by atoms with Crippen molar-refractivity contribution in [2.75, 3.05) is 25.5 Å². The van der Waals surface area contributed by atoms with Crippen LogP contribution in [0, 0.1) is 6.92 Å². The quantitative estimate of drug-likeness (QED) is 0.777. The lowest BCUT2D eigenvalue weighted by molar-refractivity contribution is -0.122. The van der Waals surface area contributed by atoms with Crippen molar-refractivity contribution in [3.05, 3.63) is 59.0 Å². The van der Waals surface area contributed by atoms with Crippen molar-refractivity contribution >= 4 is 34.2 Å². The number of amidine groups is 1. The first-order chi connectivity index (χ1) is 14.0. The van der Waals surface area contributed by atoms with Crippen molar-refractivity contribution in [2.24, 2.45) is 4.99 Å². The fourth-order valence-corrected chi connectivity index (χ4v) is 4.19. The Morgan fingerprint density at radius 3 is 2.76 bits per heavy atom. The van der Waals surface area contributed by atoms with Crippen LogP contribution in [0.2, 0.25) is 0 Å². The number of hydrogen-bond acceptors (Lipinski definition) is 6. The largest absolute Gasteiger partial charge is 0.493 e. The zero-order chi connectivity index (χ0) is 20.4. The van der Waals surface area contributed by atoms with Crippen molar-refractivity contribution in [3.63, 3.8) is 0 Å². The van der Waals surface area contributed by atoms with Crippen LogP contribution < -0.4 is 14.8 Å². The third-order valence-electron chi connectivity index (χ3n) is 4.81. The van der Waals surface area contributed by atoms with Gasteiger partial charge in [-0.15, -0.1) is 0 Å². The smallest absolute Gasteiger partial charge is 0.265 e. The number of benzene rings is 2. The number of fused-ring (bicyclic) bond motifs is 1. The van der Waals surface area contributed by atoms with Gasteiger partial charge in [0.25, 0.3) is 5.91 Å². The number of methoxy groups -OCH3 is 1. The molecule has 2 aromatic rings. The van der Waals surface area contributed by atoms with Gasteiger partial charge in [-0.2, -0.15) is 0 Å². The van der Waals surface area contributed by atoms with Gasteiger partial charge in [0.2, 0.25) is 0 Å². The fourth-order valence-electron chi connectivity index (χ4n) is 3.23. The summed E-state index contributed by atoms with van der Waals surface area (Å²) in [6.45, 7) is 5.46. The van der Waals surface area contributed by atoms with Crippen molar-refractivity contribution in [1.82, 2.24) is 4.90 Å². The SMILES string of the molecule is COc1cc(C)ccc1OC(C)C(=O)Nc1ccc(C2=CSC3=NCCN23)cc1. The minimum Gasteiger partial charge on any atom is -0.493 e. The lowest BCUT2D eigenvalue weighted by Gasteiger charge is -2.18. The summed E-state index contributed by atoms with van der Waals surface area (Å²) in [5.74, 6) is 0.941. The van der Waals surface area contributed by atoms with Gasteiger partial charge in [-0.3, -0.25) is 9.79 Å². The Hall–Kier alpha value is -2.93. The Bertz CT molecular complexity index is 985. The molecule has 0 saturated heterocycles. The van der Waals surface area contributed by atoms with E-state index < -0.39 is 6.10 Å². The van der Waals surface area contributed by atoms with Crippen LogP contribution in [0.3, 0.4) is 0 Å². The molecule has 0 spiro atoms. The monoisotopic (exact) mass is 409 g/mol. The van der Waals surface area contributed by atoms with Crippen LogP contribution in [0.1, 0.15) is 18.1 Å². The maximum atomic E-state index is 12.6. The number of amides is 1. The molecule has 0 fully saturated rings. The molecular weight excluding hydrogens is 386 g/mol. The van der Waals surface area contributed by atoms with Gasteiger partial charge in [-0.25, -0.2) is 0 Å². The fraction of sp³-hybridized carbons (Fsp3) is 0.273. The highest BCUT2D eigenvalue weighted by Gasteiger charge is 2.27. The molecule has 6 nitrogen and oxygen atoms in total. The Morgan fingerprint density at radius 1 is 1.21 bits per heavy atom. The summed E-state index contributed by atoms with van der Waals surface area (Å²) >= 11 is 1.66. The van der Waals surface area contributed by atoms with Crippen molar-refractivity contribution in [2.45, 2.75) is 20.0 Å². The topological polar surface area (TPSA) is 63.2 Å². The highest BCUT2D eigenvalue weighted by atomic mass is 32.2. The number of aryl methyl sites for hydroxylation is 1. The number of rotatable bonds is 6. The molecule has 2 aliphatic rings. The molecule has 29 heavy (non-hydrogen) atoms. The van der Waals surface area contributed by atoms with E-state index in [4.69, 9.17) is 9.47 Å². The Morgan fingerprint density at radius 2 is 2.00 bits per heavy atom. The van der Waals surface area contributed by atoms with Crippen molar-refractivity contribution in [1.29, 1.82) is 0 Å². The van der Waals surface area contributed by atoms with Gasteiger partial charge in [-0.1, -0.05) is 30.0 Å². The third-order valence-corrected chi connectivity index (χ3v) is 5.71. The summed E-state index contributed by atoms with van der Waals surface area (Å²) in [7, 11) is 1.59. The molecule has 2 aromatic carbocycles.